The molecule has 4 aromatic heterocycles. The Bertz CT molecular complexity index is 1160. The molecule has 0 saturated heterocycles. The maximum Gasteiger partial charge on any atom is 0.433 e. The van der Waals surface area contributed by atoms with E-state index in [4.69, 9.17) is 4.42 Å². The van der Waals surface area contributed by atoms with Crippen LogP contribution in [0, 0.1) is 6.92 Å². The second-order valence-corrected chi connectivity index (χ2v) is 6.53. The standard InChI is InChI=1S/C17H14F3N7O/c1-9-23-24-16(28-9)26-6-5-11-14(22-8-21-11)15(26)12-7-10-3-2-4-13(17(18,19)20)27(10)25-12/h2-4,7-8,15H,5-6H2,1H3,(H,21,22). The van der Waals surface area contributed by atoms with Gasteiger partial charge in [-0.25, -0.2) is 9.50 Å². The highest BCUT2D eigenvalue weighted by Crippen LogP contribution is 2.37. The molecular weight excluding hydrogens is 375 g/mol. The Labute approximate surface area is 156 Å². The van der Waals surface area contributed by atoms with Crippen LogP contribution >= 0.6 is 0 Å². The lowest BCUT2D eigenvalue weighted by Gasteiger charge is -2.32. The van der Waals surface area contributed by atoms with Crippen LogP contribution in [0.5, 0.6) is 0 Å². The maximum atomic E-state index is 13.4. The Morgan fingerprint density at radius 2 is 2.11 bits per heavy atom. The summed E-state index contributed by atoms with van der Waals surface area (Å²) in [6.07, 6.45) is -2.29. The summed E-state index contributed by atoms with van der Waals surface area (Å²) in [6.45, 7) is 2.21. The lowest BCUT2D eigenvalue weighted by Crippen LogP contribution is -2.37. The lowest BCUT2D eigenvalue weighted by molar-refractivity contribution is -0.142. The highest BCUT2D eigenvalue weighted by Gasteiger charge is 2.38. The van der Waals surface area contributed by atoms with Crippen LogP contribution < -0.4 is 4.90 Å². The first-order valence-electron chi connectivity index (χ1n) is 8.56. The van der Waals surface area contributed by atoms with E-state index < -0.39 is 17.9 Å². The van der Waals surface area contributed by atoms with Crippen molar-refractivity contribution in [1.29, 1.82) is 0 Å². The van der Waals surface area contributed by atoms with Crippen molar-refractivity contribution >= 4 is 11.5 Å². The third kappa shape index (κ3) is 2.53. The van der Waals surface area contributed by atoms with Crippen LogP contribution in [0.3, 0.4) is 0 Å². The van der Waals surface area contributed by atoms with E-state index in [9.17, 15) is 13.2 Å². The molecule has 144 valence electrons. The molecule has 8 nitrogen and oxygen atoms in total. The minimum atomic E-state index is -4.52. The number of rotatable bonds is 2. The quantitative estimate of drug-likeness (QED) is 0.567. The van der Waals surface area contributed by atoms with Crippen molar-refractivity contribution < 1.29 is 17.6 Å². The zero-order valence-corrected chi connectivity index (χ0v) is 14.6. The van der Waals surface area contributed by atoms with Crippen LogP contribution in [-0.2, 0) is 12.6 Å². The number of aromatic amines is 1. The smallest absolute Gasteiger partial charge is 0.408 e. The van der Waals surface area contributed by atoms with Crippen LogP contribution in [0.25, 0.3) is 5.52 Å². The van der Waals surface area contributed by atoms with Gasteiger partial charge in [-0.15, -0.1) is 5.10 Å². The number of nitrogens with zero attached hydrogens (tertiary/aromatic N) is 6. The fourth-order valence-corrected chi connectivity index (χ4v) is 3.57. The topological polar surface area (TPSA) is 88.1 Å². The van der Waals surface area contributed by atoms with Gasteiger partial charge in [0.2, 0.25) is 5.89 Å². The Kier molecular flexibility index (Phi) is 3.48. The Morgan fingerprint density at radius 3 is 2.86 bits per heavy atom. The number of halogens is 3. The average Bonchev–Trinajstić information content (AvgIpc) is 3.37. The van der Waals surface area contributed by atoms with Crippen molar-refractivity contribution in [2.75, 3.05) is 11.4 Å². The molecule has 1 aliphatic rings. The minimum Gasteiger partial charge on any atom is -0.408 e. The highest BCUT2D eigenvalue weighted by atomic mass is 19.4. The number of hydrogen-bond donors (Lipinski definition) is 1. The van der Waals surface area contributed by atoms with E-state index >= 15 is 0 Å². The predicted molar refractivity (Wildman–Crippen MR) is 90.7 cm³/mol. The molecule has 0 bridgehead atoms. The number of imidazole rings is 1. The summed E-state index contributed by atoms with van der Waals surface area (Å²) < 4.78 is 46.6. The molecule has 11 heteroatoms. The molecule has 1 unspecified atom stereocenters. The van der Waals surface area contributed by atoms with E-state index in [1.165, 1.54) is 6.07 Å². The fraction of sp³-hybridized carbons (Fsp3) is 0.294. The molecule has 1 atom stereocenters. The third-order valence-corrected chi connectivity index (χ3v) is 4.76. The normalized spacial score (nSPS) is 17.3. The zero-order chi connectivity index (χ0) is 19.5. The van der Waals surface area contributed by atoms with Crippen LogP contribution in [0.2, 0.25) is 0 Å². The van der Waals surface area contributed by atoms with Crippen molar-refractivity contribution in [3.8, 4) is 0 Å². The van der Waals surface area contributed by atoms with Gasteiger partial charge in [-0.05, 0) is 18.2 Å². The predicted octanol–water partition coefficient (Wildman–Crippen LogP) is 2.92. The van der Waals surface area contributed by atoms with E-state index in [0.29, 0.717) is 35.8 Å². The van der Waals surface area contributed by atoms with Gasteiger partial charge < -0.3 is 14.3 Å². The first-order valence-corrected chi connectivity index (χ1v) is 8.56. The van der Waals surface area contributed by atoms with Crippen LogP contribution in [0.15, 0.2) is 35.0 Å². The summed E-state index contributed by atoms with van der Waals surface area (Å²) in [6, 6.07) is 5.31. The Morgan fingerprint density at radius 1 is 1.25 bits per heavy atom. The number of H-pyrrole nitrogens is 1. The van der Waals surface area contributed by atoms with Crippen LogP contribution in [0.4, 0.5) is 19.2 Å². The Hall–Kier alpha value is -3.37. The van der Waals surface area contributed by atoms with Crippen molar-refractivity contribution in [2.24, 2.45) is 0 Å². The molecule has 0 fully saturated rings. The number of hydrogen-bond acceptors (Lipinski definition) is 6. The van der Waals surface area contributed by atoms with Gasteiger partial charge in [0.05, 0.1) is 23.2 Å². The highest BCUT2D eigenvalue weighted by molar-refractivity contribution is 5.53. The van der Waals surface area contributed by atoms with Gasteiger partial charge >= 0.3 is 12.2 Å². The zero-order valence-electron chi connectivity index (χ0n) is 14.6. The summed E-state index contributed by atoms with van der Waals surface area (Å²) in [7, 11) is 0. The second-order valence-electron chi connectivity index (χ2n) is 6.53. The molecule has 1 aliphatic heterocycles. The molecule has 0 amide bonds. The molecule has 0 radical (unpaired) electrons. The van der Waals surface area contributed by atoms with Gasteiger partial charge in [-0.1, -0.05) is 11.2 Å². The number of alkyl halides is 3. The molecule has 4 aromatic rings. The monoisotopic (exact) mass is 389 g/mol. The third-order valence-electron chi connectivity index (χ3n) is 4.76. The minimum absolute atomic E-state index is 0.282. The number of anilines is 1. The SMILES string of the molecule is Cc1nnc(N2CCc3[nH]cnc3C2c2cc3cccc(C(F)(F)F)n3n2)o1. The van der Waals surface area contributed by atoms with E-state index in [1.54, 1.807) is 25.4 Å². The van der Waals surface area contributed by atoms with Gasteiger partial charge in [0.1, 0.15) is 11.7 Å². The summed E-state index contributed by atoms with van der Waals surface area (Å²) in [4.78, 5) is 9.28. The fourth-order valence-electron chi connectivity index (χ4n) is 3.57. The van der Waals surface area contributed by atoms with Gasteiger partial charge in [-0.3, -0.25) is 0 Å². The first kappa shape index (κ1) is 16.8. The molecule has 5 rings (SSSR count). The van der Waals surface area contributed by atoms with Crippen LogP contribution in [-0.4, -0.2) is 36.3 Å². The maximum absolute atomic E-state index is 13.4. The summed E-state index contributed by atoms with van der Waals surface area (Å²) in [5, 5.41) is 12.2. The lowest BCUT2D eigenvalue weighted by atomic mass is 10.0. The summed E-state index contributed by atoms with van der Waals surface area (Å²) in [5.74, 6) is 0.399. The van der Waals surface area contributed by atoms with E-state index in [0.717, 1.165) is 16.3 Å². The van der Waals surface area contributed by atoms with E-state index in [2.05, 4.69) is 25.3 Å². The second kappa shape index (κ2) is 5.81. The molecule has 1 N–H and O–H groups in total. The van der Waals surface area contributed by atoms with Crippen LogP contribution in [0.1, 0.15) is 34.7 Å². The average molecular weight is 389 g/mol. The van der Waals surface area contributed by atoms with Gasteiger partial charge in [0.25, 0.3) is 0 Å². The molecule has 0 aliphatic carbocycles. The van der Waals surface area contributed by atoms with Crippen molar-refractivity contribution in [3.05, 3.63) is 59.3 Å². The number of aryl methyl sites for hydroxylation is 1. The first-order chi connectivity index (χ1) is 13.4. The van der Waals surface area contributed by atoms with E-state index in [-0.39, 0.29) is 6.01 Å². The number of nitrogens with one attached hydrogen (secondary N) is 1. The van der Waals surface area contributed by atoms with Gasteiger partial charge in [0, 0.05) is 25.6 Å². The number of pyridine rings is 1. The van der Waals surface area contributed by atoms with Crippen molar-refractivity contribution in [3.63, 3.8) is 0 Å². The van der Waals surface area contributed by atoms with E-state index in [1.807, 2.05) is 4.90 Å². The molecule has 0 aromatic carbocycles. The molecule has 28 heavy (non-hydrogen) atoms. The number of fused-ring (bicyclic) bond motifs is 2. The van der Waals surface area contributed by atoms with Crippen molar-refractivity contribution in [1.82, 2.24) is 29.8 Å². The Balaban J connectivity index is 1.69. The van der Waals surface area contributed by atoms with Gasteiger partial charge in [0.15, 0.2) is 0 Å². The van der Waals surface area contributed by atoms with Gasteiger partial charge in [-0.2, -0.15) is 18.3 Å². The largest absolute Gasteiger partial charge is 0.433 e. The summed E-state index contributed by atoms with van der Waals surface area (Å²) in [5.41, 5.74) is 1.51. The molecular formula is C17H14F3N7O. The van der Waals surface area contributed by atoms with Crippen molar-refractivity contribution in [2.45, 2.75) is 25.6 Å². The molecule has 0 spiro atoms. The molecule has 5 heterocycles. The summed E-state index contributed by atoms with van der Waals surface area (Å²) >= 11 is 0. The molecule has 0 saturated carbocycles. The number of aromatic nitrogens is 6.